The van der Waals surface area contributed by atoms with Gasteiger partial charge >= 0.3 is 11.1 Å². The van der Waals surface area contributed by atoms with E-state index in [-0.39, 0.29) is 5.00 Å². The quantitative estimate of drug-likeness (QED) is 0.480. The molecule has 0 aliphatic carbocycles. The van der Waals surface area contributed by atoms with E-state index in [0.717, 1.165) is 11.3 Å². The number of nitrogens with one attached hydrogen (secondary N) is 1. The number of hydrogen-bond donors (Lipinski definition) is 1. The second kappa shape index (κ2) is 5.05. The molecule has 0 saturated heterocycles. The van der Waals surface area contributed by atoms with E-state index in [2.05, 4.69) is 15.3 Å². The van der Waals surface area contributed by atoms with E-state index in [1.807, 2.05) is 0 Å². The molecule has 1 amide bonds. The van der Waals surface area contributed by atoms with Gasteiger partial charge in [0.2, 0.25) is 0 Å². The van der Waals surface area contributed by atoms with E-state index < -0.39 is 11.0 Å². The summed E-state index contributed by atoms with van der Waals surface area (Å²) in [6, 6.07) is 2.90. The number of nitrogens with zero attached hydrogens (tertiary/aromatic N) is 2. The SMILES string of the molecule is COC(=O)N/N=C/c1ccc([N+](=O)[O-])s1. The van der Waals surface area contributed by atoms with Gasteiger partial charge in [0.05, 0.1) is 23.1 Å². The molecule has 0 radical (unpaired) electrons. The fourth-order valence-electron chi connectivity index (χ4n) is 0.704. The lowest BCUT2D eigenvalue weighted by Gasteiger charge is -1.93. The van der Waals surface area contributed by atoms with E-state index in [1.54, 1.807) is 0 Å². The molecule has 8 heteroatoms. The third-order valence-electron chi connectivity index (χ3n) is 1.33. The molecule has 0 atom stereocenters. The standard InChI is InChI=1S/C7H7N3O4S/c1-14-7(11)9-8-4-5-2-3-6(15-5)10(12)13/h2-4H,1H3,(H,9,11)/b8-4+. The van der Waals surface area contributed by atoms with Crippen LogP contribution >= 0.6 is 11.3 Å². The monoisotopic (exact) mass is 229 g/mol. The maximum absolute atomic E-state index is 10.6. The normalized spacial score (nSPS) is 10.2. The first-order valence-corrected chi connectivity index (χ1v) is 4.56. The van der Waals surface area contributed by atoms with E-state index in [9.17, 15) is 14.9 Å². The number of thiophene rings is 1. The van der Waals surface area contributed by atoms with Crippen molar-refractivity contribution in [1.82, 2.24) is 5.43 Å². The van der Waals surface area contributed by atoms with Crippen LogP contribution in [0.2, 0.25) is 0 Å². The summed E-state index contributed by atoms with van der Waals surface area (Å²) in [5.41, 5.74) is 2.06. The minimum absolute atomic E-state index is 0.0227. The van der Waals surface area contributed by atoms with Crippen LogP contribution in [0.1, 0.15) is 4.88 Å². The summed E-state index contributed by atoms with van der Waals surface area (Å²) >= 11 is 0.960. The molecule has 0 spiro atoms. The molecule has 0 unspecified atom stereocenters. The number of carbonyl (C=O) groups is 1. The van der Waals surface area contributed by atoms with Gasteiger partial charge in [-0.05, 0) is 6.07 Å². The first kappa shape index (κ1) is 11.1. The van der Waals surface area contributed by atoms with Crippen LogP contribution in [-0.2, 0) is 4.74 Å². The van der Waals surface area contributed by atoms with E-state index in [0.29, 0.717) is 4.88 Å². The summed E-state index contributed by atoms with van der Waals surface area (Å²) < 4.78 is 4.26. The van der Waals surface area contributed by atoms with Gasteiger partial charge in [-0.1, -0.05) is 11.3 Å². The van der Waals surface area contributed by atoms with Gasteiger partial charge in [0.15, 0.2) is 0 Å². The third kappa shape index (κ3) is 3.35. The molecule has 15 heavy (non-hydrogen) atoms. The summed E-state index contributed by atoms with van der Waals surface area (Å²) in [5.74, 6) is 0. The Kier molecular flexibility index (Phi) is 3.75. The highest BCUT2D eigenvalue weighted by Gasteiger charge is 2.07. The van der Waals surface area contributed by atoms with Crippen molar-refractivity contribution in [2.45, 2.75) is 0 Å². The first-order valence-electron chi connectivity index (χ1n) is 3.74. The van der Waals surface area contributed by atoms with Gasteiger partial charge in [-0.2, -0.15) is 5.10 Å². The van der Waals surface area contributed by atoms with Crippen molar-refractivity contribution in [3.05, 3.63) is 27.1 Å². The smallest absolute Gasteiger partial charge is 0.427 e. The number of hydrogen-bond acceptors (Lipinski definition) is 6. The van der Waals surface area contributed by atoms with Gasteiger partial charge in [0, 0.05) is 6.07 Å². The Morgan fingerprint density at radius 3 is 3.00 bits per heavy atom. The minimum Gasteiger partial charge on any atom is -0.452 e. The highest BCUT2D eigenvalue weighted by molar-refractivity contribution is 7.16. The summed E-state index contributed by atoms with van der Waals surface area (Å²) in [5, 5.41) is 13.9. The highest BCUT2D eigenvalue weighted by Crippen LogP contribution is 2.22. The zero-order chi connectivity index (χ0) is 11.3. The van der Waals surface area contributed by atoms with Crippen LogP contribution in [0.3, 0.4) is 0 Å². The van der Waals surface area contributed by atoms with Crippen LogP contribution in [0.4, 0.5) is 9.80 Å². The van der Waals surface area contributed by atoms with Crippen LogP contribution in [0.5, 0.6) is 0 Å². The Labute approximate surface area is 88.5 Å². The van der Waals surface area contributed by atoms with Crippen molar-refractivity contribution in [3.8, 4) is 0 Å². The number of hydrazone groups is 1. The van der Waals surface area contributed by atoms with Gasteiger partial charge in [-0.25, -0.2) is 10.2 Å². The molecule has 0 saturated carbocycles. The maximum Gasteiger partial charge on any atom is 0.427 e. The Bertz CT molecular complexity index is 401. The first-order chi connectivity index (χ1) is 7.13. The van der Waals surface area contributed by atoms with Crippen molar-refractivity contribution in [3.63, 3.8) is 0 Å². The molecule has 80 valence electrons. The largest absolute Gasteiger partial charge is 0.452 e. The summed E-state index contributed by atoms with van der Waals surface area (Å²) in [4.78, 5) is 21.0. The Morgan fingerprint density at radius 2 is 2.47 bits per heavy atom. The molecule has 0 bridgehead atoms. The Balaban J connectivity index is 2.57. The molecular weight excluding hydrogens is 222 g/mol. The van der Waals surface area contributed by atoms with Crippen LogP contribution in [-0.4, -0.2) is 24.3 Å². The lowest BCUT2D eigenvalue weighted by molar-refractivity contribution is -0.380. The number of rotatable bonds is 3. The van der Waals surface area contributed by atoms with Crippen molar-refractivity contribution < 1.29 is 14.5 Å². The van der Waals surface area contributed by atoms with Gasteiger partial charge in [0.1, 0.15) is 0 Å². The van der Waals surface area contributed by atoms with Gasteiger partial charge in [0.25, 0.3) is 0 Å². The molecule has 7 nitrogen and oxygen atoms in total. The van der Waals surface area contributed by atoms with E-state index in [4.69, 9.17) is 0 Å². The van der Waals surface area contributed by atoms with Crippen molar-refractivity contribution >= 4 is 28.6 Å². The highest BCUT2D eigenvalue weighted by atomic mass is 32.1. The molecular formula is C7H7N3O4S. The van der Waals surface area contributed by atoms with Crippen LogP contribution in [0.15, 0.2) is 17.2 Å². The van der Waals surface area contributed by atoms with Gasteiger partial charge in [-0.3, -0.25) is 10.1 Å². The fourth-order valence-corrected chi connectivity index (χ4v) is 1.40. The fraction of sp³-hybridized carbons (Fsp3) is 0.143. The Morgan fingerprint density at radius 1 is 1.73 bits per heavy atom. The number of ether oxygens (including phenoxy) is 1. The van der Waals surface area contributed by atoms with Gasteiger partial charge < -0.3 is 4.74 Å². The maximum atomic E-state index is 10.6. The van der Waals surface area contributed by atoms with Crippen molar-refractivity contribution in [2.24, 2.45) is 5.10 Å². The molecule has 1 heterocycles. The lowest BCUT2D eigenvalue weighted by atomic mass is 10.5. The van der Waals surface area contributed by atoms with Crippen LogP contribution < -0.4 is 5.43 Å². The zero-order valence-electron chi connectivity index (χ0n) is 7.67. The summed E-state index contributed by atoms with van der Waals surface area (Å²) in [6.45, 7) is 0. The van der Waals surface area contributed by atoms with Crippen LogP contribution in [0, 0.1) is 10.1 Å². The molecule has 0 aromatic carbocycles. The Hall–Kier alpha value is -1.96. The number of nitro groups is 1. The van der Waals surface area contributed by atoms with E-state index in [1.165, 1.54) is 25.5 Å². The minimum atomic E-state index is -0.697. The summed E-state index contributed by atoms with van der Waals surface area (Å²) in [6.07, 6.45) is 0.603. The van der Waals surface area contributed by atoms with Crippen molar-refractivity contribution in [2.75, 3.05) is 7.11 Å². The predicted molar refractivity (Wildman–Crippen MR) is 54.1 cm³/mol. The predicted octanol–water partition coefficient (Wildman–Crippen LogP) is 1.35. The van der Waals surface area contributed by atoms with Crippen LogP contribution in [0.25, 0.3) is 0 Å². The number of carbonyl (C=O) groups excluding carboxylic acids is 1. The number of methoxy groups -OCH3 is 1. The molecule has 0 aliphatic heterocycles. The van der Waals surface area contributed by atoms with E-state index >= 15 is 0 Å². The summed E-state index contributed by atoms with van der Waals surface area (Å²) in [7, 11) is 1.21. The zero-order valence-corrected chi connectivity index (χ0v) is 8.48. The number of amides is 1. The average Bonchev–Trinajstić information content (AvgIpc) is 2.66. The molecule has 1 aromatic heterocycles. The molecule has 1 rings (SSSR count). The third-order valence-corrected chi connectivity index (χ3v) is 2.30. The van der Waals surface area contributed by atoms with Gasteiger partial charge in [-0.15, -0.1) is 0 Å². The molecule has 0 fully saturated rings. The molecule has 0 aliphatic rings. The topological polar surface area (TPSA) is 93.8 Å². The second-order valence-corrected chi connectivity index (χ2v) is 3.39. The van der Waals surface area contributed by atoms with Crippen molar-refractivity contribution in [1.29, 1.82) is 0 Å². The second-order valence-electron chi connectivity index (χ2n) is 2.29. The molecule has 1 N–H and O–H groups in total. The average molecular weight is 229 g/mol. The molecule has 1 aromatic rings. The lowest BCUT2D eigenvalue weighted by Crippen LogP contribution is -2.16.